The first-order valence-electron chi connectivity index (χ1n) is 9.72. The maximum Gasteiger partial charge on any atom is 0.231 e. The van der Waals surface area contributed by atoms with Crippen molar-refractivity contribution >= 4 is 33.2 Å². The van der Waals surface area contributed by atoms with E-state index < -0.39 is 0 Å². The van der Waals surface area contributed by atoms with E-state index in [1.807, 2.05) is 25.1 Å². The van der Waals surface area contributed by atoms with Crippen LogP contribution in [0.25, 0.3) is 10.2 Å². The third kappa shape index (κ3) is 3.50. The molecule has 0 radical (unpaired) electrons. The molecule has 7 heteroatoms. The summed E-state index contributed by atoms with van der Waals surface area (Å²) >= 11 is 7.97. The topological polar surface area (TPSA) is 47.5 Å². The highest BCUT2D eigenvalue weighted by Gasteiger charge is 2.24. The second-order valence-corrected chi connectivity index (χ2v) is 8.87. The molecule has 1 fully saturated rings. The van der Waals surface area contributed by atoms with E-state index in [4.69, 9.17) is 31.0 Å². The first-order valence-corrected chi connectivity index (χ1v) is 10.9. The number of aryl methyl sites for hydroxylation is 3. The van der Waals surface area contributed by atoms with E-state index in [1.54, 1.807) is 11.3 Å². The molecule has 0 atom stereocenters. The summed E-state index contributed by atoms with van der Waals surface area (Å²) in [6, 6.07) is 5.74. The van der Waals surface area contributed by atoms with Crippen LogP contribution in [0.15, 0.2) is 18.2 Å². The first kappa shape index (κ1) is 18.3. The molecule has 1 saturated heterocycles. The van der Waals surface area contributed by atoms with E-state index in [0.717, 1.165) is 78.1 Å². The number of fused-ring (bicyclic) bond motifs is 3. The summed E-state index contributed by atoms with van der Waals surface area (Å²) in [4.78, 5) is 14.6. The zero-order chi connectivity index (χ0) is 19.1. The number of benzene rings is 1. The van der Waals surface area contributed by atoms with Gasteiger partial charge in [0.2, 0.25) is 5.88 Å². The molecule has 28 heavy (non-hydrogen) atoms. The van der Waals surface area contributed by atoms with Gasteiger partial charge in [-0.2, -0.15) is 4.98 Å². The Balaban J connectivity index is 1.54. The van der Waals surface area contributed by atoms with Gasteiger partial charge in [-0.15, -0.1) is 11.3 Å². The quantitative estimate of drug-likeness (QED) is 0.614. The van der Waals surface area contributed by atoms with Gasteiger partial charge in [0, 0.05) is 23.0 Å². The third-order valence-electron chi connectivity index (χ3n) is 5.39. The van der Waals surface area contributed by atoms with Crippen molar-refractivity contribution in [2.75, 3.05) is 26.3 Å². The second kappa shape index (κ2) is 7.59. The van der Waals surface area contributed by atoms with Crippen molar-refractivity contribution in [1.29, 1.82) is 0 Å². The number of morpholine rings is 1. The minimum atomic E-state index is 0.675. The van der Waals surface area contributed by atoms with Crippen molar-refractivity contribution in [3.05, 3.63) is 45.1 Å². The molecule has 1 aliphatic heterocycles. The van der Waals surface area contributed by atoms with Crippen molar-refractivity contribution in [2.45, 2.75) is 32.7 Å². The number of halogens is 1. The maximum absolute atomic E-state index is 6.29. The molecule has 1 aliphatic carbocycles. The molecule has 0 N–H and O–H groups in total. The van der Waals surface area contributed by atoms with Crippen molar-refractivity contribution in [1.82, 2.24) is 14.9 Å². The van der Waals surface area contributed by atoms with Crippen LogP contribution in [0.2, 0.25) is 5.02 Å². The van der Waals surface area contributed by atoms with E-state index >= 15 is 0 Å². The Bertz CT molecular complexity index is 1030. The Kier molecular flexibility index (Phi) is 4.97. The minimum absolute atomic E-state index is 0.675. The molecule has 0 amide bonds. The summed E-state index contributed by atoms with van der Waals surface area (Å²) in [6.45, 7) is 6.06. The minimum Gasteiger partial charge on any atom is -0.438 e. The number of hydrogen-bond acceptors (Lipinski definition) is 6. The summed E-state index contributed by atoms with van der Waals surface area (Å²) in [5.41, 5.74) is 2.37. The van der Waals surface area contributed by atoms with Crippen molar-refractivity contribution in [3.8, 4) is 11.6 Å². The lowest BCUT2D eigenvalue weighted by Gasteiger charge is -2.25. The molecule has 0 saturated carbocycles. The van der Waals surface area contributed by atoms with Gasteiger partial charge in [-0.05, 0) is 55.5 Å². The SMILES string of the molecule is Cc1cc(Oc2nc(CN3CCOCC3)nc3sc4c(c23)CCC4)ccc1Cl. The molecule has 3 aromatic rings. The Morgan fingerprint density at radius 2 is 2.07 bits per heavy atom. The van der Waals surface area contributed by atoms with Gasteiger partial charge in [0.15, 0.2) is 0 Å². The van der Waals surface area contributed by atoms with Crippen LogP contribution < -0.4 is 4.74 Å². The van der Waals surface area contributed by atoms with E-state index in [2.05, 4.69) is 4.90 Å². The lowest BCUT2D eigenvalue weighted by Crippen LogP contribution is -2.36. The van der Waals surface area contributed by atoms with Crippen molar-refractivity contribution < 1.29 is 9.47 Å². The van der Waals surface area contributed by atoms with E-state index in [0.29, 0.717) is 5.88 Å². The highest BCUT2D eigenvalue weighted by Crippen LogP contribution is 2.41. The number of ether oxygens (including phenoxy) is 2. The predicted molar refractivity (Wildman–Crippen MR) is 112 cm³/mol. The van der Waals surface area contributed by atoms with Gasteiger partial charge in [0.05, 0.1) is 25.1 Å². The van der Waals surface area contributed by atoms with Crippen molar-refractivity contribution in [3.63, 3.8) is 0 Å². The standard InChI is InChI=1S/C21H22ClN3O2S/c1-13-11-14(5-6-16(13)22)27-20-19-15-3-2-4-17(15)28-21(19)24-18(23-20)12-25-7-9-26-10-8-25/h5-6,11H,2-4,7-10,12H2,1H3. The molecule has 146 valence electrons. The zero-order valence-electron chi connectivity index (χ0n) is 15.8. The van der Waals surface area contributed by atoms with Crippen LogP contribution >= 0.6 is 22.9 Å². The number of nitrogens with zero attached hydrogens (tertiary/aromatic N) is 3. The normalized spacial score (nSPS) is 17.2. The second-order valence-electron chi connectivity index (χ2n) is 7.38. The largest absolute Gasteiger partial charge is 0.438 e. The molecule has 1 aromatic carbocycles. The molecular formula is C21H22ClN3O2S. The number of aromatic nitrogens is 2. The molecule has 3 heterocycles. The molecule has 0 unspecified atom stereocenters. The summed E-state index contributed by atoms with van der Waals surface area (Å²) in [5.74, 6) is 2.25. The van der Waals surface area contributed by atoms with Gasteiger partial charge in [0.25, 0.3) is 0 Å². The average molecular weight is 416 g/mol. The van der Waals surface area contributed by atoms with Gasteiger partial charge in [0.1, 0.15) is 16.4 Å². The van der Waals surface area contributed by atoms with Crippen LogP contribution in [0.3, 0.4) is 0 Å². The summed E-state index contributed by atoms with van der Waals surface area (Å²) in [7, 11) is 0. The summed E-state index contributed by atoms with van der Waals surface area (Å²) < 4.78 is 11.8. The van der Waals surface area contributed by atoms with E-state index in [1.165, 1.54) is 16.9 Å². The summed E-state index contributed by atoms with van der Waals surface area (Å²) in [6.07, 6.45) is 3.41. The zero-order valence-corrected chi connectivity index (χ0v) is 17.4. The van der Waals surface area contributed by atoms with Gasteiger partial charge in [-0.25, -0.2) is 4.98 Å². The lowest BCUT2D eigenvalue weighted by molar-refractivity contribution is 0.0330. The van der Waals surface area contributed by atoms with E-state index in [9.17, 15) is 0 Å². The van der Waals surface area contributed by atoms with Gasteiger partial charge in [-0.1, -0.05) is 11.6 Å². The molecule has 0 spiro atoms. The Morgan fingerprint density at radius 1 is 1.21 bits per heavy atom. The van der Waals surface area contributed by atoms with Gasteiger partial charge >= 0.3 is 0 Å². The van der Waals surface area contributed by atoms with Gasteiger partial charge < -0.3 is 9.47 Å². The predicted octanol–water partition coefficient (Wildman–Crippen LogP) is 4.77. The van der Waals surface area contributed by atoms with Crippen LogP contribution in [0.4, 0.5) is 0 Å². The molecule has 5 rings (SSSR count). The molecule has 0 bridgehead atoms. The monoisotopic (exact) mass is 415 g/mol. The Labute approximate surface area is 173 Å². The fourth-order valence-electron chi connectivity index (χ4n) is 3.90. The number of hydrogen-bond donors (Lipinski definition) is 0. The molecule has 5 nitrogen and oxygen atoms in total. The van der Waals surface area contributed by atoms with Crippen LogP contribution in [-0.4, -0.2) is 41.2 Å². The molecular weight excluding hydrogens is 394 g/mol. The van der Waals surface area contributed by atoms with E-state index in [-0.39, 0.29) is 0 Å². The maximum atomic E-state index is 6.29. The molecule has 2 aliphatic rings. The first-order chi connectivity index (χ1) is 13.7. The van der Waals surface area contributed by atoms with Gasteiger partial charge in [-0.3, -0.25) is 4.90 Å². The fourth-order valence-corrected chi connectivity index (χ4v) is 5.29. The van der Waals surface area contributed by atoms with Crippen LogP contribution in [0.5, 0.6) is 11.6 Å². The third-order valence-corrected chi connectivity index (χ3v) is 7.00. The fraction of sp³-hybridized carbons (Fsp3) is 0.429. The highest BCUT2D eigenvalue weighted by molar-refractivity contribution is 7.19. The average Bonchev–Trinajstić information content (AvgIpc) is 3.26. The highest BCUT2D eigenvalue weighted by atomic mass is 35.5. The number of rotatable bonds is 4. The number of thiophene rings is 1. The van der Waals surface area contributed by atoms with Crippen molar-refractivity contribution in [2.24, 2.45) is 0 Å². The van der Waals surface area contributed by atoms with Crippen LogP contribution in [0.1, 0.15) is 28.2 Å². The van der Waals surface area contributed by atoms with Crippen LogP contribution in [0, 0.1) is 6.92 Å². The lowest BCUT2D eigenvalue weighted by atomic mass is 10.2. The Hall–Kier alpha value is -1.73. The van der Waals surface area contributed by atoms with Crippen LogP contribution in [-0.2, 0) is 24.1 Å². The summed E-state index contributed by atoms with van der Waals surface area (Å²) in [5, 5.41) is 1.83. The Morgan fingerprint density at radius 3 is 2.89 bits per heavy atom. The smallest absolute Gasteiger partial charge is 0.231 e. The molecule has 2 aromatic heterocycles.